The number of urea groups is 1. The molecule has 0 spiro atoms. The number of hydrogen-bond donors (Lipinski definition) is 1. The van der Waals surface area contributed by atoms with Crippen molar-refractivity contribution in [1.29, 1.82) is 0 Å². The summed E-state index contributed by atoms with van der Waals surface area (Å²) in [7, 11) is 1.35. The Morgan fingerprint density at radius 3 is 2.43 bits per heavy atom. The number of amides is 2. The van der Waals surface area contributed by atoms with Crippen molar-refractivity contribution in [2.45, 2.75) is 18.3 Å². The molecule has 0 radical (unpaired) electrons. The summed E-state index contributed by atoms with van der Waals surface area (Å²) in [5.74, 6) is -5.55. The molecule has 21 heavy (non-hydrogen) atoms. The lowest BCUT2D eigenvalue weighted by Crippen LogP contribution is -2.36. The van der Waals surface area contributed by atoms with E-state index < -0.39 is 35.7 Å². The molecule has 1 saturated heterocycles. The summed E-state index contributed by atoms with van der Waals surface area (Å²) < 4.78 is 63.5. The molecule has 2 rings (SSSR count). The highest BCUT2D eigenvalue weighted by Gasteiger charge is 2.59. The molecule has 5 nitrogen and oxygen atoms in total. The van der Waals surface area contributed by atoms with Crippen molar-refractivity contribution >= 4 is 11.8 Å². The highest BCUT2D eigenvalue weighted by atomic mass is 19.4. The van der Waals surface area contributed by atoms with Crippen LogP contribution >= 0.6 is 0 Å². The monoisotopic (exact) mass is 311 g/mol. The maximum Gasteiger partial charge on any atom is 0.458 e. The number of rotatable bonds is 2. The molecule has 0 aromatic carbocycles. The largest absolute Gasteiger partial charge is 0.458 e. The molecular formula is C11H10F5N3O2. The van der Waals surface area contributed by atoms with E-state index in [9.17, 15) is 31.9 Å². The van der Waals surface area contributed by atoms with Crippen LogP contribution in [0.3, 0.4) is 0 Å². The van der Waals surface area contributed by atoms with Gasteiger partial charge in [0.15, 0.2) is 6.23 Å². The number of likely N-dealkylation sites (N-methyl/N-ethyl adjacent to an activating group) is 1. The van der Waals surface area contributed by atoms with Crippen LogP contribution in [0.5, 0.6) is 0 Å². The Balaban J connectivity index is 2.42. The first-order valence-electron chi connectivity index (χ1n) is 5.69. The Hall–Kier alpha value is -1.97. The van der Waals surface area contributed by atoms with Gasteiger partial charge in [-0.1, -0.05) is 0 Å². The molecule has 1 atom stereocenters. The molecule has 0 aliphatic carbocycles. The lowest BCUT2D eigenvalue weighted by Gasteiger charge is -2.22. The van der Waals surface area contributed by atoms with Crippen LogP contribution in [0.2, 0.25) is 0 Å². The fourth-order valence-corrected chi connectivity index (χ4v) is 1.88. The normalized spacial score (nSPS) is 20.3. The Bertz CT molecular complexity index is 563. The number of β-amino-alcohol motifs (C(OH)–C–C–N with tert-alkyl or cyclic N) is 1. The van der Waals surface area contributed by atoms with Crippen LogP contribution in [0.15, 0.2) is 18.3 Å². The van der Waals surface area contributed by atoms with E-state index in [2.05, 4.69) is 4.98 Å². The summed E-state index contributed by atoms with van der Waals surface area (Å²) in [6.07, 6.45) is -6.41. The van der Waals surface area contributed by atoms with Gasteiger partial charge < -0.3 is 10.0 Å². The topological polar surface area (TPSA) is 56.7 Å². The minimum absolute atomic E-state index is 0.111. The summed E-state index contributed by atoms with van der Waals surface area (Å²) in [6.45, 7) is -0.111. The second kappa shape index (κ2) is 4.79. The molecule has 1 aliphatic rings. The predicted molar refractivity (Wildman–Crippen MR) is 60.7 cm³/mol. The van der Waals surface area contributed by atoms with Crippen molar-refractivity contribution in [2.75, 3.05) is 18.5 Å². The second-order valence-electron chi connectivity index (χ2n) is 4.49. The number of pyridine rings is 1. The maximum absolute atomic E-state index is 13.3. The zero-order chi connectivity index (χ0) is 16.0. The van der Waals surface area contributed by atoms with Gasteiger partial charge in [0, 0.05) is 18.8 Å². The van der Waals surface area contributed by atoms with E-state index in [1.807, 2.05) is 0 Å². The number of aliphatic hydroxyl groups is 1. The Labute approximate surface area is 115 Å². The van der Waals surface area contributed by atoms with E-state index >= 15 is 0 Å². The Kier molecular flexibility index (Phi) is 3.52. The highest BCUT2D eigenvalue weighted by Crippen LogP contribution is 2.44. The maximum atomic E-state index is 13.3. The van der Waals surface area contributed by atoms with E-state index in [0.717, 1.165) is 11.1 Å². The van der Waals surface area contributed by atoms with Crippen LogP contribution in [-0.2, 0) is 5.92 Å². The van der Waals surface area contributed by atoms with Crippen LogP contribution in [0.25, 0.3) is 0 Å². The van der Waals surface area contributed by atoms with Gasteiger partial charge in [0.05, 0.1) is 6.54 Å². The van der Waals surface area contributed by atoms with Gasteiger partial charge in [-0.15, -0.1) is 0 Å². The summed E-state index contributed by atoms with van der Waals surface area (Å²) in [6, 6.07) is 0.198. The van der Waals surface area contributed by atoms with Crippen molar-refractivity contribution in [3.05, 3.63) is 23.9 Å². The molecule has 1 fully saturated rings. The van der Waals surface area contributed by atoms with Gasteiger partial charge in [-0.25, -0.2) is 14.7 Å². The van der Waals surface area contributed by atoms with E-state index in [0.29, 0.717) is 17.0 Å². The molecular weight excluding hydrogens is 301 g/mol. The predicted octanol–water partition coefficient (Wildman–Crippen LogP) is 1.93. The highest BCUT2D eigenvalue weighted by molar-refractivity contribution is 5.93. The average molecular weight is 311 g/mol. The number of anilines is 1. The quantitative estimate of drug-likeness (QED) is 0.849. The van der Waals surface area contributed by atoms with Crippen molar-refractivity contribution in [3.8, 4) is 0 Å². The van der Waals surface area contributed by atoms with Crippen LogP contribution in [0.4, 0.5) is 32.6 Å². The van der Waals surface area contributed by atoms with Crippen LogP contribution in [-0.4, -0.2) is 47.0 Å². The smallest absolute Gasteiger partial charge is 0.371 e. The van der Waals surface area contributed by atoms with Gasteiger partial charge in [-0.3, -0.25) is 0 Å². The van der Waals surface area contributed by atoms with Crippen molar-refractivity contribution in [1.82, 2.24) is 9.88 Å². The fourth-order valence-electron chi connectivity index (χ4n) is 1.88. The van der Waals surface area contributed by atoms with Crippen LogP contribution < -0.4 is 4.90 Å². The third kappa shape index (κ3) is 2.50. The standard InChI is InChI=1S/C11H10F5N3O2/c1-18-5-8(20)19(9(18)21)7-4-6(2-3-17-7)10(12,13)11(14,15)16/h2-4,8,20H,5H2,1H3. The SMILES string of the molecule is CN1CC(O)N(c2cc(C(F)(F)C(F)(F)F)ccn2)C1=O. The first-order chi connectivity index (χ1) is 9.55. The van der Waals surface area contributed by atoms with Gasteiger partial charge in [-0.05, 0) is 12.1 Å². The Morgan fingerprint density at radius 2 is 1.95 bits per heavy atom. The zero-order valence-electron chi connectivity index (χ0n) is 10.6. The van der Waals surface area contributed by atoms with Crippen molar-refractivity contribution < 1.29 is 31.9 Å². The number of hydrogen-bond acceptors (Lipinski definition) is 3. The summed E-state index contributed by atoms with van der Waals surface area (Å²) in [5.41, 5.74) is -1.35. The van der Waals surface area contributed by atoms with E-state index in [1.165, 1.54) is 7.05 Å². The molecule has 2 amide bonds. The number of carbonyl (C=O) groups is 1. The van der Waals surface area contributed by atoms with E-state index in [1.54, 1.807) is 0 Å². The average Bonchev–Trinajstić information content (AvgIpc) is 2.62. The number of nitrogens with zero attached hydrogens (tertiary/aromatic N) is 3. The van der Waals surface area contributed by atoms with Crippen molar-refractivity contribution in [3.63, 3.8) is 0 Å². The number of halogens is 5. The number of aromatic nitrogens is 1. The third-order valence-electron chi connectivity index (χ3n) is 2.98. The fraction of sp³-hybridized carbons (Fsp3) is 0.455. The summed E-state index contributed by atoms with van der Waals surface area (Å²) in [4.78, 5) is 17.0. The minimum Gasteiger partial charge on any atom is -0.371 e. The first kappa shape index (κ1) is 15.4. The second-order valence-corrected chi connectivity index (χ2v) is 4.49. The first-order valence-corrected chi connectivity index (χ1v) is 5.69. The van der Waals surface area contributed by atoms with Gasteiger partial charge in [0.25, 0.3) is 0 Å². The molecule has 1 aromatic heterocycles. The summed E-state index contributed by atoms with van der Waals surface area (Å²) in [5, 5.41) is 9.65. The molecule has 1 unspecified atom stereocenters. The zero-order valence-corrected chi connectivity index (χ0v) is 10.6. The molecule has 0 saturated carbocycles. The number of aliphatic hydroxyl groups excluding tert-OH is 1. The van der Waals surface area contributed by atoms with Crippen molar-refractivity contribution in [2.24, 2.45) is 0 Å². The van der Waals surface area contributed by atoms with Gasteiger partial charge >= 0.3 is 18.1 Å². The molecule has 1 N–H and O–H groups in total. The molecule has 116 valence electrons. The lowest BCUT2D eigenvalue weighted by atomic mass is 10.1. The minimum atomic E-state index is -5.77. The third-order valence-corrected chi connectivity index (χ3v) is 2.98. The lowest BCUT2D eigenvalue weighted by molar-refractivity contribution is -0.289. The van der Waals surface area contributed by atoms with Crippen LogP contribution in [0.1, 0.15) is 5.56 Å². The van der Waals surface area contributed by atoms with Gasteiger partial charge in [0.1, 0.15) is 5.82 Å². The van der Waals surface area contributed by atoms with Gasteiger partial charge in [0.2, 0.25) is 0 Å². The Morgan fingerprint density at radius 1 is 1.33 bits per heavy atom. The molecule has 1 aliphatic heterocycles. The van der Waals surface area contributed by atoms with E-state index in [-0.39, 0.29) is 6.54 Å². The van der Waals surface area contributed by atoms with Crippen LogP contribution in [0, 0.1) is 0 Å². The molecule has 10 heteroatoms. The number of alkyl halides is 5. The molecule has 0 bridgehead atoms. The van der Waals surface area contributed by atoms with Gasteiger partial charge in [-0.2, -0.15) is 22.0 Å². The molecule has 1 aromatic rings. The molecule has 2 heterocycles. The van der Waals surface area contributed by atoms with E-state index in [4.69, 9.17) is 0 Å². The number of carbonyl (C=O) groups excluding carboxylic acids is 1. The summed E-state index contributed by atoms with van der Waals surface area (Å²) >= 11 is 0.